The summed E-state index contributed by atoms with van der Waals surface area (Å²) in [5.41, 5.74) is 0.610. The number of nitrogens with zero attached hydrogens (tertiary/aromatic N) is 4. The standard InChI is InChI=1S/C11H14N4O2/c1-3-4-10-13-9(14-17-10)7-15-6-8(2)5-12-11(15)16/h5-6H,3-4,7H2,1-2H3. The fourth-order valence-electron chi connectivity index (χ4n) is 1.50. The summed E-state index contributed by atoms with van der Waals surface area (Å²) < 4.78 is 6.52. The molecule has 0 saturated heterocycles. The molecule has 0 radical (unpaired) electrons. The van der Waals surface area contributed by atoms with Crippen molar-refractivity contribution >= 4 is 0 Å². The maximum absolute atomic E-state index is 11.5. The zero-order valence-electron chi connectivity index (χ0n) is 9.88. The molecule has 6 heteroatoms. The second kappa shape index (κ2) is 4.90. The van der Waals surface area contributed by atoms with Crippen LogP contribution in [0.3, 0.4) is 0 Å². The van der Waals surface area contributed by atoms with Gasteiger partial charge in [-0.3, -0.25) is 4.57 Å². The van der Waals surface area contributed by atoms with Crippen molar-refractivity contribution < 1.29 is 4.52 Å². The monoisotopic (exact) mass is 234 g/mol. The second-order valence-electron chi connectivity index (χ2n) is 3.90. The summed E-state index contributed by atoms with van der Waals surface area (Å²) in [6, 6.07) is 0. The molecule has 0 bridgehead atoms. The lowest BCUT2D eigenvalue weighted by Gasteiger charge is -2.01. The summed E-state index contributed by atoms with van der Waals surface area (Å²) in [7, 11) is 0. The van der Waals surface area contributed by atoms with Crippen LogP contribution in [0.15, 0.2) is 21.7 Å². The summed E-state index contributed by atoms with van der Waals surface area (Å²) in [6.07, 6.45) is 4.98. The summed E-state index contributed by atoms with van der Waals surface area (Å²) in [4.78, 5) is 19.4. The van der Waals surface area contributed by atoms with Crippen LogP contribution in [-0.2, 0) is 13.0 Å². The molecule has 0 saturated carbocycles. The summed E-state index contributed by atoms with van der Waals surface area (Å²) in [5, 5.41) is 3.83. The van der Waals surface area contributed by atoms with Gasteiger partial charge < -0.3 is 4.52 Å². The molecule has 0 spiro atoms. The van der Waals surface area contributed by atoms with Gasteiger partial charge >= 0.3 is 5.69 Å². The van der Waals surface area contributed by atoms with E-state index in [0.29, 0.717) is 18.3 Å². The van der Waals surface area contributed by atoms with Crippen LogP contribution in [0.5, 0.6) is 0 Å². The normalized spacial score (nSPS) is 10.7. The Morgan fingerprint density at radius 3 is 3.06 bits per heavy atom. The molecule has 0 atom stereocenters. The lowest BCUT2D eigenvalue weighted by Crippen LogP contribution is -2.23. The van der Waals surface area contributed by atoms with E-state index in [0.717, 1.165) is 18.4 Å². The van der Waals surface area contributed by atoms with Crippen LogP contribution in [-0.4, -0.2) is 19.7 Å². The van der Waals surface area contributed by atoms with Gasteiger partial charge in [0.25, 0.3) is 0 Å². The molecule has 0 fully saturated rings. The SMILES string of the molecule is CCCc1nc(Cn2cc(C)cnc2=O)no1. The van der Waals surface area contributed by atoms with E-state index in [-0.39, 0.29) is 5.69 Å². The Balaban J connectivity index is 2.19. The van der Waals surface area contributed by atoms with Gasteiger partial charge in [-0.15, -0.1) is 0 Å². The van der Waals surface area contributed by atoms with Gasteiger partial charge in [0.05, 0.1) is 6.54 Å². The summed E-state index contributed by atoms with van der Waals surface area (Å²) >= 11 is 0. The van der Waals surface area contributed by atoms with Crippen molar-refractivity contribution in [2.24, 2.45) is 0 Å². The molecule has 0 aliphatic rings. The van der Waals surface area contributed by atoms with E-state index in [1.165, 1.54) is 10.8 Å². The van der Waals surface area contributed by atoms with Crippen molar-refractivity contribution in [3.63, 3.8) is 0 Å². The van der Waals surface area contributed by atoms with Crippen LogP contribution in [0.2, 0.25) is 0 Å². The third-order valence-electron chi connectivity index (χ3n) is 2.27. The second-order valence-corrected chi connectivity index (χ2v) is 3.90. The molecule has 0 aliphatic heterocycles. The largest absolute Gasteiger partial charge is 0.347 e. The third kappa shape index (κ3) is 2.77. The van der Waals surface area contributed by atoms with Gasteiger partial charge in [0.1, 0.15) is 0 Å². The molecule has 2 aromatic heterocycles. The first-order valence-corrected chi connectivity index (χ1v) is 5.53. The van der Waals surface area contributed by atoms with Crippen LogP contribution in [0.1, 0.15) is 30.6 Å². The maximum atomic E-state index is 11.5. The summed E-state index contributed by atoms with van der Waals surface area (Å²) in [5.74, 6) is 1.11. The Kier molecular flexibility index (Phi) is 3.32. The summed E-state index contributed by atoms with van der Waals surface area (Å²) in [6.45, 7) is 4.21. The molecule has 0 unspecified atom stereocenters. The Labute approximate surface area is 98.3 Å². The van der Waals surface area contributed by atoms with Crippen LogP contribution in [0.25, 0.3) is 0 Å². The molecule has 2 heterocycles. The topological polar surface area (TPSA) is 73.8 Å². The van der Waals surface area contributed by atoms with Crippen molar-refractivity contribution in [2.75, 3.05) is 0 Å². The number of aromatic nitrogens is 4. The van der Waals surface area contributed by atoms with E-state index in [1.807, 2.05) is 13.8 Å². The molecular formula is C11H14N4O2. The lowest BCUT2D eigenvalue weighted by molar-refractivity contribution is 0.370. The molecule has 6 nitrogen and oxygen atoms in total. The molecule has 90 valence electrons. The highest BCUT2D eigenvalue weighted by Crippen LogP contribution is 2.02. The van der Waals surface area contributed by atoms with Crippen molar-refractivity contribution in [1.82, 2.24) is 19.7 Å². The Hall–Kier alpha value is -1.98. The van der Waals surface area contributed by atoms with Gasteiger partial charge in [0.2, 0.25) is 5.89 Å². The molecule has 0 aliphatic carbocycles. The van der Waals surface area contributed by atoms with Crippen LogP contribution < -0.4 is 5.69 Å². The predicted molar refractivity (Wildman–Crippen MR) is 60.6 cm³/mol. The van der Waals surface area contributed by atoms with Gasteiger partial charge in [-0.1, -0.05) is 12.1 Å². The lowest BCUT2D eigenvalue weighted by atomic mass is 10.3. The average Bonchev–Trinajstić information content (AvgIpc) is 2.72. The zero-order valence-corrected chi connectivity index (χ0v) is 9.88. The van der Waals surface area contributed by atoms with Gasteiger partial charge in [0.15, 0.2) is 5.82 Å². The zero-order chi connectivity index (χ0) is 12.3. The molecule has 2 rings (SSSR count). The van der Waals surface area contributed by atoms with E-state index >= 15 is 0 Å². The minimum Gasteiger partial charge on any atom is -0.339 e. The number of hydrogen-bond donors (Lipinski definition) is 0. The highest BCUT2D eigenvalue weighted by Gasteiger charge is 2.07. The Morgan fingerprint density at radius 1 is 1.47 bits per heavy atom. The smallest absolute Gasteiger partial charge is 0.339 e. The Bertz CT molecular complexity index is 559. The molecule has 0 aromatic carbocycles. The van der Waals surface area contributed by atoms with Gasteiger partial charge in [-0.2, -0.15) is 4.98 Å². The van der Waals surface area contributed by atoms with Gasteiger partial charge in [-0.05, 0) is 18.9 Å². The van der Waals surface area contributed by atoms with Gasteiger partial charge in [0, 0.05) is 18.8 Å². The highest BCUT2D eigenvalue weighted by molar-refractivity contribution is 5.01. The average molecular weight is 234 g/mol. The predicted octanol–water partition coefficient (Wildman–Crippen LogP) is 0.936. The fraction of sp³-hybridized carbons (Fsp3) is 0.455. The fourth-order valence-corrected chi connectivity index (χ4v) is 1.50. The van der Waals surface area contributed by atoms with Crippen LogP contribution in [0.4, 0.5) is 0 Å². The number of aryl methyl sites for hydroxylation is 2. The first-order valence-electron chi connectivity index (χ1n) is 5.53. The first-order chi connectivity index (χ1) is 8.19. The van der Waals surface area contributed by atoms with Gasteiger partial charge in [-0.25, -0.2) is 9.78 Å². The molecule has 0 N–H and O–H groups in total. The molecule has 17 heavy (non-hydrogen) atoms. The van der Waals surface area contributed by atoms with Crippen LogP contribution >= 0.6 is 0 Å². The number of rotatable bonds is 4. The minimum atomic E-state index is -0.308. The van der Waals surface area contributed by atoms with Crippen molar-refractivity contribution in [2.45, 2.75) is 33.2 Å². The molecule has 2 aromatic rings. The highest BCUT2D eigenvalue weighted by atomic mass is 16.5. The number of hydrogen-bond acceptors (Lipinski definition) is 5. The third-order valence-corrected chi connectivity index (χ3v) is 2.27. The maximum Gasteiger partial charge on any atom is 0.347 e. The van der Waals surface area contributed by atoms with E-state index in [1.54, 1.807) is 6.20 Å². The van der Waals surface area contributed by atoms with E-state index < -0.39 is 0 Å². The first kappa shape index (κ1) is 11.5. The molecular weight excluding hydrogens is 220 g/mol. The molecule has 0 amide bonds. The van der Waals surface area contributed by atoms with E-state index in [9.17, 15) is 4.79 Å². The van der Waals surface area contributed by atoms with Crippen molar-refractivity contribution in [3.05, 3.63) is 40.2 Å². The van der Waals surface area contributed by atoms with Crippen LogP contribution in [0, 0.1) is 6.92 Å². The van der Waals surface area contributed by atoms with E-state index in [2.05, 4.69) is 15.1 Å². The Morgan fingerprint density at radius 2 is 2.29 bits per heavy atom. The van der Waals surface area contributed by atoms with Crippen molar-refractivity contribution in [1.29, 1.82) is 0 Å². The minimum absolute atomic E-state index is 0.292. The quantitative estimate of drug-likeness (QED) is 0.787. The van der Waals surface area contributed by atoms with Crippen molar-refractivity contribution in [3.8, 4) is 0 Å². The van der Waals surface area contributed by atoms with E-state index in [4.69, 9.17) is 4.52 Å².